The predicted molar refractivity (Wildman–Crippen MR) is 120 cm³/mol. The maximum atomic E-state index is 6.54. The molecule has 26 heavy (non-hydrogen) atoms. The van der Waals surface area contributed by atoms with E-state index >= 15 is 0 Å². The van der Waals surface area contributed by atoms with Crippen molar-refractivity contribution in [3.8, 4) is 0 Å². The minimum absolute atomic E-state index is 0. The first kappa shape index (κ1) is 21.8. The molecule has 0 aromatic heterocycles. The number of hydrogen-bond acceptors (Lipinski definition) is 2. The number of rotatable bonds is 5. The Kier molecular flexibility index (Phi) is 8.97. The summed E-state index contributed by atoms with van der Waals surface area (Å²) >= 11 is 6.54. The van der Waals surface area contributed by atoms with Crippen LogP contribution in [-0.4, -0.2) is 38.3 Å². The summed E-state index contributed by atoms with van der Waals surface area (Å²) in [6.45, 7) is 5.27. The molecule has 0 atom stereocenters. The van der Waals surface area contributed by atoms with Crippen LogP contribution in [0.3, 0.4) is 0 Å². The lowest BCUT2D eigenvalue weighted by molar-refractivity contribution is 0.0531. The number of ether oxygens (including phenoxy) is 1. The average molecular weight is 492 g/mol. The topological polar surface area (TPSA) is 45.7 Å². The highest BCUT2D eigenvalue weighted by molar-refractivity contribution is 14.0. The minimum Gasteiger partial charge on any atom is -0.381 e. The number of guanidine groups is 1. The lowest BCUT2D eigenvalue weighted by Gasteiger charge is -2.37. The van der Waals surface area contributed by atoms with Crippen LogP contribution in [0.4, 0.5) is 0 Å². The van der Waals surface area contributed by atoms with Gasteiger partial charge in [0.25, 0.3) is 0 Å². The van der Waals surface area contributed by atoms with Gasteiger partial charge in [-0.1, -0.05) is 42.6 Å². The van der Waals surface area contributed by atoms with Gasteiger partial charge in [0.05, 0.1) is 6.54 Å². The molecule has 1 aliphatic carbocycles. The van der Waals surface area contributed by atoms with Crippen LogP contribution < -0.4 is 10.6 Å². The van der Waals surface area contributed by atoms with E-state index in [-0.39, 0.29) is 29.4 Å². The van der Waals surface area contributed by atoms with Crippen LogP contribution in [0.25, 0.3) is 0 Å². The molecule has 146 valence electrons. The lowest BCUT2D eigenvalue weighted by atomic mass is 9.74. The summed E-state index contributed by atoms with van der Waals surface area (Å²) in [6, 6.07) is 8.77. The van der Waals surface area contributed by atoms with Crippen molar-refractivity contribution in [3.05, 3.63) is 34.9 Å². The number of aliphatic imine (C=N–C) groups is 1. The van der Waals surface area contributed by atoms with Crippen molar-refractivity contribution in [1.82, 2.24) is 10.6 Å². The van der Waals surface area contributed by atoms with Gasteiger partial charge < -0.3 is 15.4 Å². The molecule has 0 radical (unpaired) electrons. The first-order chi connectivity index (χ1) is 12.2. The van der Waals surface area contributed by atoms with E-state index in [0.29, 0.717) is 6.04 Å². The molecule has 0 bridgehead atoms. The molecule has 1 heterocycles. The third-order valence-electron chi connectivity index (χ3n) is 5.48. The van der Waals surface area contributed by atoms with Crippen LogP contribution in [0, 0.1) is 0 Å². The smallest absolute Gasteiger partial charge is 0.191 e. The number of halogens is 2. The number of hydrogen-bond donors (Lipinski definition) is 2. The Labute approximate surface area is 179 Å². The molecule has 4 nitrogen and oxygen atoms in total. The molecule has 0 amide bonds. The van der Waals surface area contributed by atoms with Gasteiger partial charge in [-0.25, -0.2) is 0 Å². The molecule has 1 saturated carbocycles. The summed E-state index contributed by atoms with van der Waals surface area (Å²) in [5, 5.41) is 7.86. The highest BCUT2D eigenvalue weighted by Crippen LogP contribution is 2.38. The Balaban J connectivity index is 0.00000243. The summed E-state index contributed by atoms with van der Waals surface area (Å²) in [4.78, 5) is 4.97. The molecule has 2 aliphatic rings. The number of nitrogens with zero attached hydrogens (tertiary/aromatic N) is 1. The first-order valence-corrected chi connectivity index (χ1v) is 9.99. The van der Waals surface area contributed by atoms with Crippen molar-refractivity contribution >= 4 is 41.5 Å². The van der Waals surface area contributed by atoms with E-state index in [4.69, 9.17) is 21.3 Å². The highest BCUT2D eigenvalue weighted by Gasteiger charge is 2.36. The lowest BCUT2D eigenvalue weighted by Crippen LogP contribution is -2.44. The van der Waals surface area contributed by atoms with Crippen molar-refractivity contribution in [2.45, 2.75) is 56.9 Å². The van der Waals surface area contributed by atoms with E-state index in [1.54, 1.807) is 0 Å². The summed E-state index contributed by atoms with van der Waals surface area (Å²) in [7, 11) is 0. The predicted octanol–water partition coefficient (Wildman–Crippen LogP) is 4.50. The van der Waals surface area contributed by atoms with Crippen LogP contribution in [-0.2, 0) is 10.2 Å². The Hall–Kier alpha value is -0.530. The van der Waals surface area contributed by atoms with Gasteiger partial charge in [0.1, 0.15) is 0 Å². The molecule has 1 aliphatic heterocycles. The quantitative estimate of drug-likeness (QED) is 0.362. The molecule has 0 spiro atoms. The number of benzene rings is 1. The zero-order valence-electron chi connectivity index (χ0n) is 15.6. The van der Waals surface area contributed by atoms with Gasteiger partial charge in [0.2, 0.25) is 0 Å². The fourth-order valence-electron chi connectivity index (χ4n) is 3.98. The fraction of sp³-hybridized carbons (Fsp3) is 0.650. The second kappa shape index (κ2) is 10.7. The van der Waals surface area contributed by atoms with Crippen molar-refractivity contribution in [2.24, 2.45) is 4.99 Å². The maximum absolute atomic E-state index is 6.54. The van der Waals surface area contributed by atoms with E-state index in [1.165, 1.54) is 31.2 Å². The summed E-state index contributed by atoms with van der Waals surface area (Å²) in [6.07, 6.45) is 7.05. The standard InChI is InChI=1S/C20H30ClN3O.HI/c1-2-22-19(24-16-7-3-4-8-16)23-15-20(11-13-25-14-12-20)17-9-5-6-10-18(17)21;/h5-6,9-10,16H,2-4,7-8,11-15H2,1H3,(H2,22,23,24);1H. The molecule has 1 aromatic carbocycles. The summed E-state index contributed by atoms with van der Waals surface area (Å²) in [5.41, 5.74) is 1.18. The van der Waals surface area contributed by atoms with Crippen molar-refractivity contribution < 1.29 is 4.74 Å². The van der Waals surface area contributed by atoms with Crippen LogP contribution in [0.5, 0.6) is 0 Å². The van der Waals surface area contributed by atoms with E-state index in [9.17, 15) is 0 Å². The Morgan fingerprint density at radius 3 is 2.58 bits per heavy atom. The molecule has 2 N–H and O–H groups in total. The van der Waals surface area contributed by atoms with Gasteiger partial charge in [-0.2, -0.15) is 0 Å². The van der Waals surface area contributed by atoms with Gasteiger partial charge in [-0.3, -0.25) is 4.99 Å². The highest BCUT2D eigenvalue weighted by atomic mass is 127. The van der Waals surface area contributed by atoms with Gasteiger partial charge in [0, 0.05) is 36.2 Å². The Morgan fingerprint density at radius 2 is 1.92 bits per heavy atom. The van der Waals surface area contributed by atoms with E-state index in [1.807, 2.05) is 12.1 Å². The molecule has 0 unspecified atom stereocenters. The fourth-order valence-corrected chi connectivity index (χ4v) is 4.32. The van der Waals surface area contributed by atoms with Crippen molar-refractivity contribution in [1.29, 1.82) is 0 Å². The third-order valence-corrected chi connectivity index (χ3v) is 5.80. The van der Waals surface area contributed by atoms with Crippen LogP contribution in [0.2, 0.25) is 5.02 Å². The molecule has 6 heteroatoms. The minimum atomic E-state index is -0.0331. The molecule has 3 rings (SSSR count). The normalized spacial score (nSPS) is 20.5. The third kappa shape index (κ3) is 5.49. The zero-order chi connectivity index (χ0) is 17.5. The maximum Gasteiger partial charge on any atom is 0.191 e. The van der Waals surface area contributed by atoms with Gasteiger partial charge in [-0.15, -0.1) is 24.0 Å². The van der Waals surface area contributed by atoms with E-state index < -0.39 is 0 Å². The SMILES string of the molecule is CCNC(=NCC1(c2ccccc2Cl)CCOCC1)NC1CCCC1.I. The van der Waals surface area contributed by atoms with Gasteiger partial charge >= 0.3 is 0 Å². The second-order valence-electron chi connectivity index (χ2n) is 7.19. The van der Waals surface area contributed by atoms with Crippen LogP contribution in [0.1, 0.15) is 51.0 Å². The summed E-state index contributed by atoms with van der Waals surface area (Å²) < 4.78 is 5.63. The first-order valence-electron chi connectivity index (χ1n) is 9.61. The molecule has 2 fully saturated rings. The average Bonchev–Trinajstić information content (AvgIpc) is 3.14. The van der Waals surface area contributed by atoms with Gasteiger partial charge in [-0.05, 0) is 44.2 Å². The summed E-state index contributed by atoms with van der Waals surface area (Å²) in [5.74, 6) is 0.937. The van der Waals surface area contributed by atoms with Crippen molar-refractivity contribution in [2.75, 3.05) is 26.3 Å². The van der Waals surface area contributed by atoms with Gasteiger partial charge in [0.15, 0.2) is 5.96 Å². The van der Waals surface area contributed by atoms with Crippen LogP contribution >= 0.6 is 35.6 Å². The largest absolute Gasteiger partial charge is 0.381 e. The molecule has 1 aromatic rings. The van der Waals surface area contributed by atoms with Crippen molar-refractivity contribution in [3.63, 3.8) is 0 Å². The Morgan fingerprint density at radius 1 is 1.23 bits per heavy atom. The zero-order valence-corrected chi connectivity index (χ0v) is 18.7. The van der Waals surface area contributed by atoms with Crippen LogP contribution in [0.15, 0.2) is 29.3 Å². The van der Waals surface area contributed by atoms with E-state index in [2.05, 4.69) is 29.7 Å². The molecular formula is C20H31ClIN3O. The second-order valence-corrected chi connectivity index (χ2v) is 7.60. The van der Waals surface area contributed by atoms with E-state index in [0.717, 1.165) is 50.1 Å². The Bertz CT molecular complexity index is 584. The molecule has 1 saturated heterocycles. The number of nitrogens with one attached hydrogen (secondary N) is 2. The molecular weight excluding hydrogens is 461 g/mol. The monoisotopic (exact) mass is 491 g/mol.